The van der Waals surface area contributed by atoms with E-state index in [1.54, 1.807) is 7.11 Å². The maximum atomic E-state index is 5.91. The van der Waals surface area contributed by atoms with Gasteiger partial charge in [0.15, 0.2) is 0 Å². The molecule has 4 nitrogen and oxygen atoms in total. The Morgan fingerprint density at radius 1 is 1.26 bits per heavy atom. The molecule has 0 saturated heterocycles. The molecule has 0 aliphatic rings. The minimum atomic E-state index is 0.144. The van der Waals surface area contributed by atoms with Gasteiger partial charge in [-0.2, -0.15) is 5.10 Å². The summed E-state index contributed by atoms with van der Waals surface area (Å²) >= 11 is 0. The predicted octanol–water partition coefficient (Wildman–Crippen LogP) is 2.63. The number of aromatic nitrogens is 2. The van der Waals surface area contributed by atoms with E-state index in [0.717, 1.165) is 17.1 Å². The van der Waals surface area contributed by atoms with Crippen LogP contribution in [0, 0.1) is 0 Å². The maximum absolute atomic E-state index is 5.91. The smallest absolute Gasteiger partial charge is 0.118 e. The Hall–Kier alpha value is -1.81. The fourth-order valence-corrected chi connectivity index (χ4v) is 2.11. The van der Waals surface area contributed by atoms with E-state index in [0.29, 0.717) is 12.5 Å². The molecule has 0 radical (unpaired) electrons. The summed E-state index contributed by atoms with van der Waals surface area (Å²) in [7, 11) is 1.67. The van der Waals surface area contributed by atoms with Gasteiger partial charge in [0, 0.05) is 18.2 Å². The zero-order chi connectivity index (χ0) is 13.8. The minimum absolute atomic E-state index is 0.144. The summed E-state index contributed by atoms with van der Waals surface area (Å²) in [4.78, 5) is 0. The van der Waals surface area contributed by atoms with E-state index in [1.807, 2.05) is 24.3 Å². The van der Waals surface area contributed by atoms with E-state index in [1.165, 1.54) is 5.56 Å². The average molecular weight is 259 g/mol. The molecule has 0 bridgehead atoms. The van der Waals surface area contributed by atoms with Gasteiger partial charge in [-0.1, -0.05) is 26.0 Å². The normalized spacial score (nSPS) is 12.7. The van der Waals surface area contributed by atoms with Gasteiger partial charge in [-0.05, 0) is 29.7 Å². The third-order valence-corrected chi connectivity index (χ3v) is 3.34. The molecule has 19 heavy (non-hydrogen) atoms. The standard InChI is InChI=1S/C15H21N3O/c1-10(2)14-8-15(18-17-14)13(9-16)11-4-6-12(19-3)7-5-11/h4-8,10,13H,9,16H2,1-3H3,(H,17,18). The van der Waals surface area contributed by atoms with E-state index in [-0.39, 0.29) is 5.92 Å². The van der Waals surface area contributed by atoms with Gasteiger partial charge >= 0.3 is 0 Å². The van der Waals surface area contributed by atoms with Crippen LogP contribution >= 0.6 is 0 Å². The number of nitrogens with two attached hydrogens (primary N) is 1. The highest BCUT2D eigenvalue weighted by Crippen LogP contribution is 2.26. The van der Waals surface area contributed by atoms with Crippen molar-refractivity contribution in [3.05, 3.63) is 47.3 Å². The second-order valence-electron chi connectivity index (χ2n) is 4.96. The van der Waals surface area contributed by atoms with Crippen LogP contribution in [-0.2, 0) is 0 Å². The van der Waals surface area contributed by atoms with Gasteiger partial charge < -0.3 is 10.5 Å². The Morgan fingerprint density at radius 3 is 2.42 bits per heavy atom. The summed E-state index contributed by atoms with van der Waals surface area (Å²) in [6.07, 6.45) is 0. The molecule has 1 aromatic heterocycles. The number of rotatable bonds is 5. The lowest BCUT2D eigenvalue weighted by atomic mass is 9.95. The molecule has 2 aromatic rings. The number of nitrogens with zero attached hydrogens (tertiary/aromatic N) is 1. The van der Waals surface area contributed by atoms with Gasteiger partial charge in [0.1, 0.15) is 5.75 Å². The topological polar surface area (TPSA) is 63.9 Å². The van der Waals surface area contributed by atoms with Gasteiger partial charge in [-0.15, -0.1) is 0 Å². The van der Waals surface area contributed by atoms with Crippen LogP contribution in [0.5, 0.6) is 5.75 Å². The maximum Gasteiger partial charge on any atom is 0.118 e. The largest absolute Gasteiger partial charge is 0.497 e. The van der Waals surface area contributed by atoms with E-state index in [9.17, 15) is 0 Å². The molecule has 2 rings (SSSR count). The quantitative estimate of drug-likeness (QED) is 0.867. The van der Waals surface area contributed by atoms with Crippen molar-refractivity contribution in [3.8, 4) is 5.75 Å². The number of hydrogen-bond acceptors (Lipinski definition) is 3. The number of ether oxygens (including phenoxy) is 1. The molecular weight excluding hydrogens is 238 g/mol. The van der Waals surface area contributed by atoms with E-state index in [4.69, 9.17) is 10.5 Å². The van der Waals surface area contributed by atoms with Gasteiger partial charge in [-0.3, -0.25) is 5.10 Å². The highest BCUT2D eigenvalue weighted by atomic mass is 16.5. The Balaban J connectivity index is 2.26. The molecule has 102 valence electrons. The van der Waals surface area contributed by atoms with Crippen molar-refractivity contribution in [1.82, 2.24) is 10.2 Å². The summed E-state index contributed by atoms with van der Waals surface area (Å²) in [5.41, 5.74) is 9.22. The van der Waals surface area contributed by atoms with E-state index < -0.39 is 0 Å². The van der Waals surface area contributed by atoms with Crippen LogP contribution in [0.3, 0.4) is 0 Å². The Bertz CT molecular complexity index is 516. The van der Waals surface area contributed by atoms with Gasteiger partial charge in [0.25, 0.3) is 0 Å². The van der Waals surface area contributed by atoms with Crippen LogP contribution in [0.15, 0.2) is 30.3 Å². The molecule has 1 heterocycles. The number of benzene rings is 1. The highest BCUT2D eigenvalue weighted by molar-refractivity contribution is 5.34. The Labute approximate surface area is 114 Å². The molecule has 3 N–H and O–H groups in total. The number of aromatic amines is 1. The SMILES string of the molecule is COc1ccc(C(CN)c2cc(C(C)C)n[nH]2)cc1. The molecule has 0 fully saturated rings. The lowest BCUT2D eigenvalue weighted by molar-refractivity contribution is 0.414. The summed E-state index contributed by atoms with van der Waals surface area (Å²) in [5.74, 6) is 1.41. The fourth-order valence-electron chi connectivity index (χ4n) is 2.11. The monoisotopic (exact) mass is 259 g/mol. The molecule has 1 atom stereocenters. The first-order valence-electron chi connectivity index (χ1n) is 6.55. The summed E-state index contributed by atoms with van der Waals surface area (Å²) in [6, 6.07) is 10.1. The second kappa shape index (κ2) is 5.89. The van der Waals surface area contributed by atoms with Crippen molar-refractivity contribution in [2.45, 2.75) is 25.7 Å². The van der Waals surface area contributed by atoms with Crippen molar-refractivity contribution in [2.24, 2.45) is 5.73 Å². The molecule has 1 aromatic carbocycles. The zero-order valence-corrected chi connectivity index (χ0v) is 11.7. The molecule has 1 unspecified atom stereocenters. The van der Waals surface area contributed by atoms with Crippen LogP contribution in [0.2, 0.25) is 0 Å². The summed E-state index contributed by atoms with van der Waals surface area (Å²) in [6.45, 7) is 4.81. The summed E-state index contributed by atoms with van der Waals surface area (Å²) in [5, 5.41) is 7.44. The van der Waals surface area contributed by atoms with Crippen molar-refractivity contribution in [3.63, 3.8) is 0 Å². The summed E-state index contributed by atoms with van der Waals surface area (Å²) < 4.78 is 5.17. The first kappa shape index (κ1) is 13.6. The molecule has 4 heteroatoms. The van der Waals surface area contributed by atoms with Crippen LogP contribution in [0.1, 0.15) is 42.6 Å². The zero-order valence-electron chi connectivity index (χ0n) is 11.7. The first-order valence-corrected chi connectivity index (χ1v) is 6.55. The first-order chi connectivity index (χ1) is 9.15. The van der Waals surface area contributed by atoms with Crippen LogP contribution in [0.25, 0.3) is 0 Å². The molecule has 0 spiro atoms. The molecule has 0 amide bonds. The molecular formula is C15H21N3O. The molecule has 0 aliphatic heterocycles. The Morgan fingerprint density at radius 2 is 1.95 bits per heavy atom. The average Bonchev–Trinajstić information content (AvgIpc) is 2.90. The van der Waals surface area contributed by atoms with Crippen molar-refractivity contribution in [2.75, 3.05) is 13.7 Å². The van der Waals surface area contributed by atoms with Crippen molar-refractivity contribution in [1.29, 1.82) is 0 Å². The Kier molecular flexibility index (Phi) is 4.22. The van der Waals surface area contributed by atoms with Crippen molar-refractivity contribution < 1.29 is 4.74 Å². The van der Waals surface area contributed by atoms with Gasteiger partial charge in [0.2, 0.25) is 0 Å². The number of methoxy groups -OCH3 is 1. The number of hydrogen-bond donors (Lipinski definition) is 2. The lowest BCUT2D eigenvalue weighted by Gasteiger charge is -2.13. The number of H-pyrrole nitrogens is 1. The van der Waals surface area contributed by atoms with Crippen LogP contribution in [-0.4, -0.2) is 23.9 Å². The lowest BCUT2D eigenvalue weighted by Crippen LogP contribution is -2.14. The van der Waals surface area contributed by atoms with E-state index >= 15 is 0 Å². The highest BCUT2D eigenvalue weighted by Gasteiger charge is 2.16. The van der Waals surface area contributed by atoms with Crippen molar-refractivity contribution >= 4 is 0 Å². The fraction of sp³-hybridized carbons (Fsp3) is 0.400. The molecule has 0 aliphatic carbocycles. The van der Waals surface area contributed by atoms with Crippen LogP contribution in [0.4, 0.5) is 0 Å². The van der Waals surface area contributed by atoms with E-state index in [2.05, 4.69) is 30.1 Å². The third kappa shape index (κ3) is 2.96. The second-order valence-corrected chi connectivity index (χ2v) is 4.96. The van der Waals surface area contributed by atoms with Gasteiger partial charge in [0.05, 0.1) is 12.8 Å². The predicted molar refractivity (Wildman–Crippen MR) is 76.6 cm³/mol. The molecule has 0 saturated carbocycles. The van der Waals surface area contributed by atoms with Gasteiger partial charge in [-0.25, -0.2) is 0 Å². The minimum Gasteiger partial charge on any atom is -0.497 e. The van der Waals surface area contributed by atoms with Crippen LogP contribution < -0.4 is 10.5 Å². The third-order valence-electron chi connectivity index (χ3n) is 3.34. The number of nitrogens with one attached hydrogen (secondary N) is 1.